The van der Waals surface area contributed by atoms with Gasteiger partial charge in [0.25, 0.3) is 0 Å². The summed E-state index contributed by atoms with van der Waals surface area (Å²) in [6.45, 7) is 6.69. The maximum Gasteiger partial charge on any atom is 0.157 e. The molecule has 20 heavy (non-hydrogen) atoms. The van der Waals surface area contributed by atoms with Gasteiger partial charge >= 0.3 is 0 Å². The Bertz CT molecular complexity index is 384. The molecular formula is C15H23ClFNO2. The summed E-state index contributed by atoms with van der Waals surface area (Å²) in [5, 5.41) is 3.42. The highest BCUT2D eigenvalue weighted by molar-refractivity contribution is 6.30. The highest BCUT2D eigenvalue weighted by atomic mass is 35.5. The first-order valence-corrected chi connectivity index (χ1v) is 7.43. The number of rotatable bonds is 10. The molecule has 0 aliphatic heterocycles. The van der Waals surface area contributed by atoms with Gasteiger partial charge in [-0.1, -0.05) is 17.7 Å². The molecule has 0 spiro atoms. The molecule has 0 aromatic heterocycles. The Kier molecular flexibility index (Phi) is 8.78. The van der Waals surface area contributed by atoms with Crippen LogP contribution in [0, 0.1) is 5.82 Å². The minimum atomic E-state index is -0.376. The average molecular weight is 304 g/mol. The lowest BCUT2D eigenvalue weighted by Gasteiger charge is -2.16. The van der Waals surface area contributed by atoms with Crippen LogP contribution in [0.3, 0.4) is 0 Å². The molecule has 0 saturated heterocycles. The van der Waals surface area contributed by atoms with E-state index >= 15 is 0 Å². The van der Waals surface area contributed by atoms with E-state index in [0.717, 1.165) is 24.9 Å². The Hall–Kier alpha value is -0.680. The minimum absolute atomic E-state index is 0.125. The third-order valence-electron chi connectivity index (χ3n) is 2.81. The zero-order valence-electron chi connectivity index (χ0n) is 12.1. The molecule has 0 bridgehead atoms. The van der Waals surface area contributed by atoms with Crippen LogP contribution < -0.4 is 5.32 Å². The Balaban J connectivity index is 2.19. The van der Waals surface area contributed by atoms with Gasteiger partial charge in [0, 0.05) is 19.8 Å². The Labute approximate surface area is 125 Å². The van der Waals surface area contributed by atoms with E-state index in [0.29, 0.717) is 19.8 Å². The van der Waals surface area contributed by atoms with E-state index in [1.807, 2.05) is 19.9 Å². The van der Waals surface area contributed by atoms with Gasteiger partial charge < -0.3 is 14.8 Å². The van der Waals surface area contributed by atoms with Crippen LogP contribution in [0.15, 0.2) is 18.2 Å². The molecule has 0 radical (unpaired) electrons. The smallest absolute Gasteiger partial charge is 0.157 e. The van der Waals surface area contributed by atoms with Crippen molar-refractivity contribution in [1.29, 1.82) is 0 Å². The van der Waals surface area contributed by atoms with Crippen molar-refractivity contribution in [3.05, 3.63) is 34.6 Å². The molecule has 1 aromatic rings. The quantitative estimate of drug-likeness (QED) is 0.527. The number of nitrogens with one attached hydrogen (secondary N) is 1. The fraction of sp³-hybridized carbons (Fsp3) is 0.600. The van der Waals surface area contributed by atoms with Crippen LogP contribution in [0.25, 0.3) is 0 Å². The zero-order chi connectivity index (χ0) is 14.8. The van der Waals surface area contributed by atoms with Crippen LogP contribution in [0.2, 0.25) is 5.02 Å². The highest BCUT2D eigenvalue weighted by Gasteiger charge is 2.07. The molecule has 1 aromatic carbocycles. The average Bonchev–Trinajstić information content (AvgIpc) is 2.43. The largest absolute Gasteiger partial charge is 0.353 e. The van der Waals surface area contributed by atoms with Crippen molar-refractivity contribution in [3.8, 4) is 0 Å². The van der Waals surface area contributed by atoms with Gasteiger partial charge in [-0.25, -0.2) is 4.39 Å². The number of benzene rings is 1. The van der Waals surface area contributed by atoms with Gasteiger partial charge in [0.1, 0.15) is 5.82 Å². The normalized spacial score (nSPS) is 11.2. The first kappa shape index (κ1) is 17.4. The summed E-state index contributed by atoms with van der Waals surface area (Å²) in [7, 11) is 0. The second kappa shape index (κ2) is 10.1. The lowest BCUT2D eigenvalue weighted by atomic mass is 10.2. The molecule has 0 fully saturated rings. The maximum atomic E-state index is 13.2. The third-order valence-corrected chi connectivity index (χ3v) is 3.12. The van der Waals surface area contributed by atoms with E-state index in [9.17, 15) is 4.39 Å². The van der Waals surface area contributed by atoms with Gasteiger partial charge in [-0.3, -0.25) is 0 Å². The molecule has 0 aliphatic rings. The summed E-state index contributed by atoms with van der Waals surface area (Å²) in [5.74, 6) is -0.376. The van der Waals surface area contributed by atoms with Gasteiger partial charge in [0.05, 0.1) is 5.02 Å². The number of hydrogen-bond acceptors (Lipinski definition) is 3. The van der Waals surface area contributed by atoms with Crippen molar-refractivity contribution in [2.45, 2.75) is 39.5 Å². The van der Waals surface area contributed by atoms with Crippen LogP contribution >= 0.6 is 11.6 Å². The number of halogens is 2. The van der Waals surface area contributed by atoms with Gasteiger partial charge in [-0.15, -0.1) is 0 Å². The monoisotopic (exact) mass is 303 g/mol. The van der Waals surface area contributed by atoms with Crippen LogP contribution in [0.5, 0.6) is 0 Å². The van der Waals surface area contributed by atoms with Crippen LogP contribution in [0.4, 0.5) is 4.39 Å². The second-order valence-electron chi connectivity index (χ2n) is 4.41. The molecule has 0 saturated carbocycles. The van der Waals surface area contributed by atoms with Gasteiger partial charge in [-0.05, 0) is 50.9 Å². The summed E-state index contributed by atoms with van der Waals surface area (Å²) in [6, 6.07) is 4.86. The van der Waals surface area contributed by atoms with Crippen molar-refractivity contribution in [3.63, 3.8) is 0 Å². The first-order valence-electron chi connectivity index (χ1n) is 7.05. The van der Waals surface area contributed by atoms with Crippen molar-refractivity contribution in [2.75, 3.05) is 19.8 Å². The third kappa shape index (κ3) is 6.66. The summed E-state index contributed by atoms with van der Waals surface area (Å²) >= 11 is 5.64. The molecule has 0 aliphatic carbocycles. The Morgan fingerprint density at radius 2 is 1.95 bits per heavy atom. The van der Waals surface area contributed by atoms with Crippen molar-refractivity contribution < 1.29 is 13.9 Å². The van der Waals surface area contributed by atoms with E-state index < -0.39 is 0 Å². The van der Waals surface area contributed by atoms with E-state index in [1.165, 1.54) is 6.07 Å². The van der Waals surface area contributed by atoms with Crippen molar-refractivity contribution in [1.82, 2.24) is 5.32 Å². The van der Waals surface area contributed by atoms with Crippen LogP contribution in [0.1, 0.15) is 32.3 Å². The standard InChI is InChI=1S/C15H23ClFNO2/c1-3-19-15(20-4-2)6-5-9-18-11-12-7-8-13(16)14(17)10-12/h7-8,10,15,18H,3-6,9,11H2,1-2H3. The first-order chi connectivity index (χ1) is 9.67. The van der Waals surface area contributed by atoms with Crippen LogP contribution in [-0.4, -0.2) is 26.0 Å². The topological polar surface area (TPSA) is 30.5 Å². The van der Waals surface area contributed by atoms with Gasteiger partial charge in [0.2, 0.25) is 0 Å². The summed E-state index contributed by atoms with van der Waals surface area (Å²) < 4.78 is 24.2. The van der Waals surface area contributed by atoms with Crippen molar-refractivity contribution >= 4 is 11.6 Å². The fourth-order valence-electron chi connectivity index (χ4n) is 1.86. The van der Waals surface area contributed by atoms with Gasteiger partial charge in [0.15, 0.2) is 6.29 Å². The molecule has 5 heteroatoms. The molecule has 1 N–H and O–H groups in total. The Morgan fingerprint density at radius 1 is 1.25 bits per heavy atom. The molecule has 0 unspecified atom stereocenters. The minimum Gasteiger partial charge on any atom is -0.353 e. The summed E-state index contributed by atoms with van der Waals surface area (Å²) in [5.41, 5.74) is 0.887. The second-order valence-corrected chi connectivity index (χ2v) is 4.81. The van der Waals surface area contributed by atoms with Crippen molar-refractivity contribution in [2.24, 2.45) is 0 Å². The molecule has 0 amide bonds. The molecule has 3 nitrogen and oxygen atoms in total. The van der Waals surface area contributed by atoms with E-state index in [2.05, 4.69) is 5.32 Å². The molecular weight excluding hydrogens is 281 g/mol. The molecule has 0 heterocycles. The van der Waals surface area contributed by atoms with E-state index in [1.54, 1.807) is 6.07 Å². The molecule has 0 atom stereocenters. The predicted molar refractivity (Wildman–Crippen MR) is 79.4 cm³/mol. The zero-order valence-corrected chi connectivity index (χ0v) is 12.9. The number of hydrogen-bond donors (Lipinski definition) is 1. The predicted octanol–water partition coefficient (Wildman–Crippen LogP) is 3.75. The SMILES string of the molecule is CCOC(CCCNCc1ccc(Cl)c(F)c1)OCC. The van der Waals surface area contributed by atoms with E-state index in [-0.39, 0.29) is 17.1 Å². The molecule has 114 valence electrons. The maximum absolute atomic E-state index is 13.2. The summed E-state index contributed by atoms with van der Waals surface area (Å²) in [4.78, 5) is 0. The lowest BCUT2D eigenvalue weighted by molar-refractivity contribution is -0.139. The lowest BCUT2D eigenvalue weighted by Crippen LogP contribution is -2.21. The number of ether oxygens (including phenoxy) is 2. The van der Waals surface area contributed by atoms with Gasteiger partial charge in [-0.2, -0.15) is 0 Å². The van der Waals surface area contributed by atoms with Crippen LogP contribution in [-0.2, 0) is 16.0 Å². The van der Waals surface area contributed by atoms with E-state index in [4.69, 9.17) is 21.1 Å². The Morgan fingerprint density at radius 3 is 2.55 bits per heavy atom. The molecule has 1 rings (SSSR count). The highest BCUT2D eigenvalue weighted by Crippen LogP contribution is 2.15. The summed E-state index contributed by atoms with van der Waals surface area (Å²) in [6.07, 6.45) is 1.67. The fourth-order valence-corrected chi connectivity index (χ4v) is 1.98.